The Morgan fingerprint density at radius 1 is 1.38 bits per heavy atom. The molecule has 75 valence electrons. The van der Waals surface area contributed by atoms with Gasteiger partial charge in [0.05, 0.1) is 6.10 Å². The summed E-state index contributed by atoms with van der Waals surface area (Å²) >= 11 is 3.69. The molecule has 0 aliphatic carbocycles. The maximum Gasteiger partial charge on any atom is 0.190 e. The molecule has 0 aromatic heterocycles. The lowest BCUT2D eigenvalue weighted by atomic mass is 10.3. The van der Waals surface area contributed by atoms with Crippen LogP contribution in [0.5, 0.6) is 0 Å². The van der Waals surface area contributed by atoms with Crippen molar-refractivity contribution in [1.29, 1.82) is 0 Å². The summed E-state index contributed by atoms with van der Waals surface area (Å²) in [5, 5.41) is 0.587. The van der Waals surface area contributed by atoms with Crippen LogP contribution < -0.4 is 0 Å². The summed E-state index contributed by atoms with van der Waals surface area (Å²) in [5.41, 5.74) is 1.27. The summed E-state index contributed by atoms with van der Waals surface area (Å²) in [5.74, 6) is 1.18. The second-order valence-corrected chi connectivity index (χ2v) is 5.93. The molecule has 2 rings (SSSR count). The quantitative estimate of drug-likeness (QED) is 0.674. The standard InChI is InChI=1S/C9H15O2S2/c1-6-7(2)13-9(11-6)8-10-4-3-5-12-8/h6-7,9H,3-5H2,1-2H3. The average Bonchev–Trinajstić information content (AvgIpc) is 2.49. The molecule has 0 N–H and O–H groups in total. The SMILES string of the molecule is CC1OC([C]2OCCCS2)SC1C. The predicted molar refractivity (Wildman–Crippen MR) is 57.7 cm³/mol. The molecule has 0 bridgehead atoms. The lowest BCUT2D eigenvalue weighted by molar-refractivity contribution is 0.0319. The smallest absolute Gasteiger partial charge is 0.190 e. The highest BCUT2D eigenvalue weighted by Gasteiger charge is 2.37. The Morgan fingerprint density at radius 3 is 2.77 bits per heavy atom. The summed E-state index contributed by atoms with van der Waals surface area (Å²) in [6.07, 6.45) is 1.52. The molecule has 2 heterocycles. The van der Waals surface area contributed by atoms with Gasteiger partial charge in [0.1, 0.15) is 5.44 Å². The summed E-state index contributed by atoms with van der Waals surface area (Å²) in [7, 11) is 0. The van der Waals surface area contributed by atoms with Gasteiger partial charge in [-0.15, -0.1) is 23.5 Å². The van der Waals surface area contributed by atoms with Crippen LogP contribution in [0.15, 0.2) is 0 Å². The van der Waals surface area contributed by atoms with E-state index in [2.05, 4.69) is 13.8 Å². The third kappa shape index (κ3) is 2.35. The molecule has 3 unspecified atom stereocenters. The molecule has 4 heteroatoms. The van der Waals surface area contributed by atoms with Gasteiger partial charge < -0.3 is 9.47 Å². The van der Waals surface area contributed by atoms with Gasteiger partial charge in [-0.1, -0.05) is 6.92 Å². The Morgan fingerprint density at radius 2 is 2.23 bits per heavy atom. The second kappa shape index (κ2) is 4.43. The molecule has 0 amide bonds. The molecule has 0 saturated carbocycles. The number of hydrogen-bond donors (Lipinski definition) is 0. The van der Waals surface area contributed by atoms with E-state index in [0.29, 0.717) is 11.4 Å². The number of hydrogen-bond acceptors (Lipinski definition) is 4. The number of rotatable bonds is 1. The number of thioether (sulfide) groups is 2. The lowest BCUT2D eigenvalue weighted by Crippen LogP contribution is -2.21. The van der Waals surface area contributed by atoms with E-state index in [1.807, 2.05) is 23.5 Å². The lowest BCUT2D eigenvalue weighted by Gasteiger charge is -2.24. The molecule has 1 radical (unpaired) electrons. The second-order valence-electron chi connectivity index (χ2n) is 3.38. The van der Waals surface area contributed by atoms with Gasteiger partial charge in [0.2, 0.25) is 0 Å². The highest BCUT2D eigenvalue weighted by Crippen LogP contribution is 2.43. The topological polar surface area (TPSA) is 18.5 Å². The van der Waals surface area contributed by atoms with Crippen molar-refractivity contribution in [2.75, 3.05) is 12.4 Å². The molecule has 2 aliphatic heterocycles. The molecular weight excluding hydrogens is 204 g/mol. The maximum absolute atomic E-state index is 5.79. The van der Waals surface area contributed by atoms with Crippen molar-refractivity contribution < 1.29 is 9.47 Å². The van der Waals surface area contributed by atoms with Crippen molar-refractivity contribution in [2.24, 2.45) is 0 Å². The Labute approximate surface area is 88.1 Å². The monoisotopic (exact) mass is 219 g/mol. The van der Waals surface area contributed by atoms with E-state index in [1.165, 1.54) is 5.75 Å². The summed E-state index contributed by atoms with van der Waals surface area (Å²) in [6, 6.07) is 0. The van der Waals surface area contributed by atoms with E-state index >= 15 is 0 Å². The maximum atomic E-state index is 5.79. The minimum Gasteiger partial charge on any atom is -0.359 e. The highest BCUT2D eigenvalue weighted by molar-refractivity contribution is 8.05. The fraction of sp³-hybridized carbons (Fsp3) is 0.889. The van der Waals surface area contributed by atoms with Gasteiger partial charge in [-0.05, 0) is 19.1 Å². The first-order valence-electron chi connectivity index (χ1n) is 4.71. The molecular formula is C9H15O2S2. The summed E-state index contributed by atoms with van der Waals surface area (Å²) in [4.78, 5) is 0. The van der Waals surface area contributed by atoms with Crippen LogP contribution in [0, 0.1) is 5.44 Å². The molecule has 0 aromatic carbocycles. The van der Waals surface area contributed by atoms with Crippen LogP contribution in [0.1, 0.15) is 20.3 Å². The third-order valence-corrected chi connectivity index (χ3v) is 4.95. The molecule has 2 nitrogen and oxygen atoms in total. The summed E-state index contributed by atoms with van der Waals surface area (Å²) < 4.78 is 11.4. The molecule has 13 heavy (non-hydrogen) atoms. The van der Waals surface area contributed by atoms with Gasteiger partial charge in [-0.25, -0.2) is 0 Å². The molecule has 2 fully saturated rings. The van der Waals surface area contributed by atoms with E-state index < -0.39 is 0 Å². The van der Waals surface area contributed by atoms with Crippen molar-refractivity contribution in [2.45, 2.75) is 37.1 Å². The zero-order valence-electron chi connectivity index (χ0n) is 7.99. The van der Waals surface area contributed by atoms with E-state index in [1.54, 1.807) is 0 Å². The zero-order valence-corrected chi connectivity index (χ0v) is 9.62. The number of ether oxygens (including phenoxy) is 2. The van der Waals surface area contributed by atoms with Crippen LogP contribution in [-0.2, 0) is 9.47 Å². The van der Waals surface area contributed by atoms with Crippen LogP contribution >= 0.6 is 23.5 Å². The first kappa shape index (κ1) is 10.1. The summed E-state index contributed by atoms with van der Waals surface area (Å²) in [6.45, 7) is 5.21. The normalized spacial score (nSPS) is 42.5. The van der Waals surface area contributed by atoms with Crippen LogP contribution in [0.4, 0.5) is 0 Å². The van der Waals surface area contributed by atoms with Crippen molar-refractivity contribution in [3.8, 4) is 0 Å². The molecule has 3 atom stereocenters. The third-order valence-electron chi connectivity index (χ3n) is 2.31. The van der Waals surface area contributed by atoms with Gasteiger partial charge in [-0.3, -0.25) is 0 Å². The van der Waals surface area contributed by atoms with E-state index in [9.17, 15) is 0 Å². The van der Waals surface area contributed by atoms with Gasteiger partial charge in [0.25, 0.3) is 0 Å². The fourth-order valence-electron chi connectivity index (χ4n) is 1.34. The molecule has 0 aromatic rings. The highest BCUT2D eigenvalue weighted by atomic mass is 32.2. The Bertz CT molecular complexity index is 161. The molecule has 2 saturated heterocycles. The average molecular weight is 219 g/mol. The first-order chi connectivity index (χ1) is 6.27. The Kier molecular flexibility index (Phi) is 3.46. The minimum absolute atomic E-state index is 0.176. The molecule has 2 aliphatic rings. The van der Waals surface area contributed by atoms with E-state index in [4.69, 9.17) is 9.47 Å². The van der Waals surface area contributed by atoms with Gasteiger partial charge in [0.15, 0.2) is 5.44 Å². The molecule has 0 spiro atoms. The fourth-order valence-corrected chi connectivity index (χ4v) is 3.62. The largest absolute Gasteiger partial charge is 0.359 e. The van der Waals surface area contributed by atoms with E-state index in [-0.39, 0.29) is 5.44 Å². The van der Waals surface area contributed by atoms with E-state index in [0.717, 1.165) is 18.5 Å². The van der Waals surface area contributed by atoms with Crippen molar-refractivity contribution in [3.05, 3.63) is 5.44 Å². The first-order valence-corrected chi connectivity index (χ1v) is 6.63. The Hall–Kier alpha value is 0.620. The van der Waals surface area contributed by atoms with Gasteiger partial charge in [-0.2, -0.15) is 0 Å². The van der Waals surface area contributed by atoms with Crippen molar-refractivity contribution >= 4 is 23.5 Å². The van der Waals surface area contributed by atoms with Gasteiger partial charge >= 0.3 is 0 Å². The zero-order chi connectivity index (χ0) is 9.26. The van der Waals surface area contributed by atoms with Crippen molar-refractivity contribution in [1.82, 2.24) is 0 Å². The van der Waals surface area contributed by atoms with Crippen LogP contribution in [-0.4, -0.2) is 29.1 Å². The van der Waals surface area contributed by atoms with Crippen LogP contribution in [0.2, 0.25) is 0 Å². The van der Waals surface area contributed by atoms with Crippen LogP contribution in [0.3, 0.4) is 0 Å². The van der Waals surface area contributed by atoms with Crippen LogP contribution in [0.25, 0.3) is 0 Å². The predicted octanol–water partition coefficient (Wildman–Crippen LogP) is 2.50. The minimum atomic E-state index is 0.176. The Balaban J connectivity index is 1.87. The van der Waals surface area contributed by atoms with Gasteiger partial charge in [0, 0.05) is 11.9 Å². The van der Waals surface area contributed by atoms with Crippen molar-refractivity contribution in [3.63, 3.8) is 0 Å².